The average Bonchev–Trinajstić information content (AvgIpc) is 2.73. The van der Waals surface area contributed by atoms with E-state index < -0.39 is 0 Å². The van der Waals surface area contributed by atoms with Crippen LogP contribution < -0.4 is 10.6 Å². The van der Waals surface area contributed by atoms with Crippen molar-refractivity contribution in [2.45, 2.75) is 26.3 Å². The van der Waals surface area contributed by atoms with E-state index in [2.05, 4.69) is 15.6 Å². The zero-order chi connectivity index (χ0) is 11.4. The highest BCUT2D eigenvalue weighted by Crippen LogP contribution is 2.13. The number of nitrogens with zero attached hydrogens (tertiary/aromatic N) is 1. The Morgan fingerprint density at radius 1 is 1.75 bits per heavy atom. The third-order valence-corrected chi connectivity index (χ3v) is 3.69. The average molecular weight is 239 g/mol. The van der Waals surface area contributed by atoms with Crippen LogP contribution in [0.3, 0.4) is 0 Å². The molecule has 0 unspecified atom stereocenters. The largest absolute Gasteiger partial charge is 0.351 e. The Morgan fingerprint density at radius 2 is 2.62 bits per heavy atom. The number of hydrogen-bond acceptors (Lipinski definition) is 4. The van der Waals surface area contributed by atoms with Crippen molar-refractivity contribution in [2.24, 2.45) is 5.92 Å². The van der Waals surface area contributed by atoms with Gasteiger partial charge in [0.25, 0.3) is 0 Å². The van der Waals surface area contributed by atoms with E-state index in [9.17, 15) is 4.79 Å². The third-order valence-electron chi connectivity index (χ3n) is 2.77. The summed E-state index contributed by atoms with van der Waals surface area (Å²) in [5, 5.41) is 7.27. The van der Waals surface area contributed by atoms with Gasteiger partial charge in [-0.3, -0.25) is 4.79 Å². The number of amides is 1. The molecule has 0 aromatic carbocycles. The van der Waals surface area contributed by atoms with Gasteiger partial charge in [0, 0.05) is 17.6 Å². The maximum absolute atomic E-state index is 11.8. The molecule has 0 radical (unpaired) electrons. The molecular formula is C11H17N3OS. The summed E-state index contributed by atoms with van der Waals surface area (Å²) in [4.78, 5) is 17.1. The van der Waals surface area contributed by atoms with Crippen LogP contribution in [0.1, 0.15) is 22.7 Å². The zero-order valence-corrected chi connectivity index (χ0v) is 10.3. The molecule has 1 atom stereocenters. The van der Waals surface area contributed by atoms with Crippen molar-refractivity contribution in [2.75, 3.05) is 13.1 Å². The molecule has 1 aromatic heterocycles. The molecule has 16 heavy (non-hydrogen) atoms. The van der Waals surface area contributed by atoms with E-state index in [0.29, 0.717) is 6.54 Å². The third kappa shape index (κ3) is 3.02. The fraction of sp³-hybridized carbons (Fsp3) is 0.636. The molecule has 0 spiro atoms. The lowest BCUT2D eigenvalue weighted by Gasteiger charge is -2.21. The molecule has 0 saturated carbocycles. The van der Waals surface area contributed by atoms with Gasteiger partial charge in [-0.1, -0.05) is 0 Å². The van der Waals surface area contributed by atoms with Gasteiger partial charge in [0.2, 0.25) is 5.91 Å². The molecule has 1 fully saturated rings. The summed E-state index contributed by atoms with van der Waals surface area (Å²) >= 11 is 1.63. The van der Waals surface area contributed by atoms with E-state index in [1.807, 2.05) is 13.1 Å². The fourth-order valence-electron chi connectivity index (χ4n) is 1.88. The first-order valence-corrected chi connectivity index (χ1v) is 6.47. The fourth-order valence-corrected chi connectivity index (χ4v) is 2.62. The minimum Gasteiger partial charge on any atom is -0.351 e. The first-order valence-electron chi connectivity index (χ1n) is 5.65. The van der Waals surface area contributed by atoms with Crippen molar-refractivity contribution in [1.82, 2.24) is 15.6 Å². The Morgan fingerprint density at radius 3 is 3.25 bits per heavy atom. The molecule has 1 saturated heterocycles. The lowest BCUT2D eigenvalue weighted by atomic mass is 9.99. The van der Waals surface area contributed by atoms with Gasteiger partial charge in [-0.2, -0.15) is 0 Å². The molecule has 5 heteroatoms. The van der Waals surface area contributed by atoms with Crippen LogP contribution in [0.2, 0.25) is 0 Å². The molecule has 0 bridgehead atoms. The van der Waals surface area contributed by atoms with Crippen LogP contribution >= 0.6 is 11.3 Å². The number of aromatic nitrogens is 1. The number of nitrogens with one attached hydrogen (secondary N) is 2. The maximum atomic E-state index is 11.8. The predicted molar refractivity (Wildman–Crippen MR) is 64.3 cm³/mol. The van der Waals surface area contributed by atoms with Crippen molar-refractivity contribution in [3.05, 3.63) is 16.1 Å². The lowest BCUT2D eigenvalue weighted by molar-refractivity contribution is -0.125. The van der Waals surface area contributed by atoms with E-state index in [1.165, 1.54) is 0 Å². The number of thiazole rings is 1. The molecule has 4 nitrogen and oxygen atoms in total. The quantitative estimate of drug-likeness (QED) is 0.829. The minimum absolute atomic E-state index is 0.141. The summed E-state index contributed by atoms with van der Waals surface area (Å²) in [5.41, 5.74) is 0. The Hall–Kier alpha value is -0.940. The zero-order valence-electron chi connectivity index (χ0n) is 9.45. The van der Waals surface area contributed by atoms with Crippen LogP contribution in [0.25, 0.3) is 0 Å². The molecule has 1 aromatic rings. The normalized spacial score (nSPS) is 20.7. The maximum Gasteiger partial charge on any atom is 0.224 e. The number of carbonyl (C=O) groups is 1. The molecule has 2 heterocycles. The molecule has 2 N–H and O–H groups in total. The summed E-state index contributed by atoms with van der Waals surface area (Å²) in [6, 6.07) is 0. The highest BCUT2D eigenvalue weighted by Gasteiger charge is 2.20. The van der Waals surface area contributed by atoms with E-state index in [1.54, 1.807) is 11.3 Å². The summed E-state index contributed by atoms with van der Waals surface area (Å²) in [6.45, 7) is 4.44. The van der Waals surface area contributed by atoms with Crippen LogP contribution in [0.4, 0.5) is 0 Å². The van der Waals surface area contributed by atoms with Crippen LogP contribution in [0.5, 0.6) is 0 Å². The SMILES string of the molecule is Cc1ncc(CNC(=O)[C@@H]2CCCNC2)s1. The van der Waals surface area contributed by atoms with Gasteiger partial charge < -0.3 is 10.6 Å². The van der Waals surface area contributed by atoms with Gasteiger partial charge >= 0.3 is 0 Å². The van der Waals surface area contributed by atoms with Gasteiger partial charge in [-0.15, -0.1) is 11.3 Å². The molecule has 0 aliphatic carbocycles. The Labute approximate surface area is 99.5 Å². The summed E-state index contributed by atoms with van der Waals surface area (Å²) < 4.78 is 0. The molecule has 88 valence electrons. The topological polar surface area (TPSA) is 54.0 Å². The van der Waals surface area contributed by atoms with E-state index in [4.69, 9.17) is 0 Å². The molecule has 1 aliphatic rings. The number of aryl methyl sites for hydroxylation is 1. The molecule has 2 rings (SSSR count). The van der Waals surface area contributed by atoms with Crippen LogP contribution in [-0.2, 0) is 11.3 Å². The van der Waals surface area contributed by atoms with Gasteiger partial charge in [-0.05, 0) is 26.3 Å². The number of carbonyl (C=O) groups excluding carboxylic acids is 1. The second kappa shape index (κ2) is 5.41. The molecule has 1 amide bonds. The van der Waals surface area contributed by atoms with Crippen molar-refractivity contribution in [3.8, 4) is 0 Å². The highest BCUT2D eigenvalue weighted by molar-refractivity contribution is 7.11. The number of hydrogen-bond donors (Lipinski definition) is 2. The first-order chi connectivity index (χ1) is 7.75. The smallest absolute Gasteiger partial charge is 0.224 e. The van der Waals surface area contributed by atoms with Gasteiger partial charge in [0.15, 0.2) is 0 Å². The Balaban J connectivity index is 1.78. The monoisotopic (exact) mass is 239 g/mol. The summed E-state index contributed by atoms with van der Waals surface area (Å²) in [5.74, 6) is 0.307. The van der Waals surface area contributed by atoms with Crippen LogP contribution in [0.15, 0.2) is 6.20 Å². The number of piperidine rings is 1. The van der Waals surface area contributed by atoms with Crippen molar-refractivity contribution < 1.29 is 4.79 Å². The summed E-state index contributed by atoms with van der Waals surface area (Å²) in [6.07, 6.45) is 3.93. The predicted octanol–water partition coefficient (Wildman–Crippen LogP) is 1.07. The minimum atomic E-state index is 0.141. The second-order valence-corrected chi connectivity index (χ2v) is 5.43. The lowest BCUT2D eigenvalue weighted by Crippen LogP contribution is -2.40. The second-order valence-electron chi connectivity index (χ2n) is 4.11. The first kappa shape index (κ1) is 11.5. The van der Waals surface area contributed by atoms with Crippen LogP contribution in [0, 0.1) is 12.8 Å². The Kier molecular flexibility index (Phi) is 3.90. The molecular weight excluding hydrogens is 222 g/mol. The molecule has 1 aliphatic heterocycles. The van der Waals surface area contributed by atoms with Gasteiger partial charge in [0.05, 0.1) is 17.5 Å². The van der Waals surface area contributed by atoms with Crippen molar-refractivity contribution in [1.29, 1.82) is 0 Å². The highest BCUT2D eigenvalue weighted by atomic mass is 32.1. The van der Waals surface area contributed by atoms with E-state index >= 15 is 0 Å². The van der Waals surface area contributed by atoms with Crippen molar-refractivity contribution in [3.63, 3.8) is 0 Å². The standard InChI is InChI=1S/C11H17N3OS/c1-8-13-6-10(16-8)7-14-11(15)9-3-2-4-12-5-9/h6,9,12H,2-5,7H2,1H3,(H,14,15)/t9-/m1/s1. The van der Waals surface area contributed by atoms with E-state index in [0.717, 1.165) is 35.8 Å². The Bertz CT molecular complexity index is 358. The van der Waals surface area contributed by atoms with Crippen LogP contribution in [-0.4, -0.2) is 24.0 Å². The van der Waals surface area contributed by atoms with E-state index in [-0.39, 0.29) is 11.8 Å². The van der Waals surface area contributed by atoms with Gasteiger partial charge in [0.1, 0.15) is 0 Å². The summed E-state index contributed by atoms with van der Waals surface area (Å²) in [7, 11) is 0. The van der Waals surface area contributed by atoms with Gasteiger partial charge in [-0.25, -0.2) is 4.98 Å². The number of rotatable bonds is 3. The van der Waals surface area contributed by atoms with Crippen molar-refractivity contribution >= 4 is 17.2 Å².